The monoisotopic (exact) mass is 410 g/mol. The molecule has 24 heavy (non-hydrogen) atoms. The molecule has 0 radical (unpaired) electrons. The van der Waals surface area contributed by atoms with Crippen molar-refractivity contribution >= 4 is 37.5 Å². The molecule has 0 aliphatic carbocycles. The molecule has 1 amide bonds. The summed E-state index contributed by atoms with van der Waals surface area (Å²) in [6, 6.07) is 16.1. The summed E-state index contributed by atoms with van der Waals surface area (Å²) in [5.41, 5.74) is 1.40. The molecule has 0 aliphatic rings. The van der Waals surface area contributed by atoms with Gasteiger partial charge >= 0.3 is 0 Å². The molecule has 0 saturated heterocycles. The van der Waals surface area contributed by atoms with Gasteiger partial charge in [-0.05, 0) is 30.7 Å². The lowest BCUT2D eigenvalue weighted by molar-refractivity contribution is -0.120. The van der Waals surface area contributed by atoms with Crippen LogP contribution in [0.1, 0.15) is 18.5 Å². The van der Waals surface area contributed by atoms with Crippen LogP contribution < -0.4 is 9.62 Å². The largest absolute Gasteiger partial charge is 0.348 e. The molecule has 128 valence electrons. The Labute approximate surface area is 150 Å². The number of carbonyl (C=O) groups is 1. The second kappa shape index (κ2) is 7.81. The summed E-state index contributed by atoms with van der Waals surface area (Å²) >= 11 is 3.31. The first-order chi connectivity index (χ1) is 11.3. The van der Waals surface area contributed by atoms with Crippen LogP contribution in [0.2, 0.25) is 0 Å². The fraction of sp³-hybridized carbons (Fsp3) is 0.235. The Kier molecular flexibility index (Phi) is 6.01. The number of sulfonamides is 1. The van der Waals surface area contributed by atoms with E-state index in [1.165, 1.54) is 0 Å². The zero-order valence-corrected chi connectivity index (χ0v) is 15.8. The van der Waals surface area contributed by atoms with Gasteiger partial charge in [-0.25, -0.2) is 8.42 Å². The summed E-state index contributed by atoms with van der Waals surface area (Å²) in [6.45, 7) is 1.59. The van der Waals surface area contributed by atoms with Crippen molar-refractivity contribution in [1.82, 2.24) is 5.32 Å². The van der Waals surface area contributed by atoms with Gasteiger partial charge in [-0.1, -0.05) is 52.3 Å². The van der Waals surface area contributed by atoms with Crippen LogP contribution in [0.3, 0.4) is 0 Å². The molecule has 0 aliphatic heterocycles. The van der Waals surface area contributed by atoms with Crippen LogP contribution in [-0.2, 0) is 14.8 Å². The number of rotatable bonds is 6. The van der Waals surface area contributed by atoms with Gasteiger partial charge in [0.25, 0.3) is 0 Å². The molecular formula is C17H19BrN2O3S. The van der Waals surface area contributed by atoms with E-state index >= 15 is 0 Å². The number of nitrogens with zero attached hydrogens (tertiary/aromatic N) is 1. The predicted molar refractivity (Wildman–Crippen MR) is 99.3 cm³/mol. The Hall–Kier alpha value is -1.86. The van der Waals surface area contributed by atoms with E-state index in [0.717, 1.165) is 20.6 Å². The summed E-state index contributed by atoms with van der Waals surface area (Å²) in [7, 11) is -3.58. The standard InChI is InChI=1S/C17H19BrN2O3S/c1-13(14-7-4-3-5-8-14)19-17(21)12-20(24(2,22)23)16-10-6-9-15(18)11-16/h3-11,13H,12H2,1-2H3,(H,19,21)/t13-/m0/s1. The molecule has 2 aromatic rings. The van der Waals surface area contributed by atoms with Crippen molar-refractivity contribution in [2.24, 2.45) is 0 Å². The maximum absolute atomic E-state index is 12.3. The van der Waals surface area contributed by atoms with Crippen molar-refractivity contribution in [3.05, 3.63) is 64.6 Å². The maximum Gasteiger partial charge on any atom is 0.241 e. The number of hydrogen-bond acceptors (Lipinski definition) is 3. The molecular weight excluding hydrogens is 392 g/mol. The lowest BCUT2D eigenvalue weighted by Crippen LogP contribution is -2.41. The van der Waals surface area contributed by atoms with E-state index < -0.39 is 10.0 Å². The molecule has 0 aromatic heterocycles. The van der Waals surface area contributed by atoms with Crippen molar-refractivity contribution in [3.63, 3.8) is 0 Å². The van der Waals surface area contributed by atoms with E-state index in [4.69, 9.17) is 0 Å². The van der Waals surface area contributed by atoms with Crippen molar-refractivity contribution < 1.29 is 13.2 Å². The van der Waals surface area contributed by atoms with Gasteiger partial charge in [-0.2, -0.15) is 0 Å². The number of amides is 1. The third-order valence-electron chi connectivity index (χ3n) is 3.46. The van der Waals surface area contributed by atoms with Crippen LogP contribution in [-0.4, -0.2) is 27.1 Å². The molecule has 0 bridgehead atoms. The first-order valence-electron chi connectivity index (χ1n) is 7.35. The Bertz CT molecular complexity index is 810. The van der Waals surface area contributed by atoms with Gasteiger partial charge in [-0.15, -0.1) is 0 Å². The summed E-state index contributed by atoms with van der Waals surface area (Å²) in [4.78, 5) is 12.3. The molecule has 0 unspecified atom stereocenters. The van der Waals surface area contributed by atoms with E-state index in [9.17, 15) is 13.2 Å². The topological polar surface area (TPSA) is 66.5 Å². The SMILES string of the molecule is C[C@H](NC(=O)CN(c1cccc(Br)c1)S(C)(=O)=O)c1ccccc1. The molecule has 1 N–H and O–H groups in total. The van der Waals surface area contributed by atoms with Crippen LogP contribution in [0, 0.1) is 0 Å². The highest BCUT2D eigenvalue weighted by Crippen LogP contribution is 2.22. The maximum atomic E-state index is 12.3. The van der Waals surface area contributed by atoms with Crippen LogP contribution >= 0.6 is 15.9 Å². The van der Waals surface area contributed by atoms with Crippen LogP contribution in [0.4, 0.5) is 5.69 Å². The van der Waals surface area contributed by atoms with Crippen LogP contribution in [0.15, 0.2) is 59.1 Å². The quantitative estimate of drug-likeness (QED) is 0.795. The third-order valence-corrected chi connectivity index (χ3v) is 5.09. The lowest BCUT2D eigenvalue weighted by Gasteiger charge is -2.23. The second-order valence-electron chi connectivity index (χ2n) is 5.45. The molecule has 0 spiro atoms. The van der Waals surface area contributed by atoms with Gasteiger partial charge in [0.2, 0.25) is 15.9 Å². The number of anilines is 1. The Morgan fingerprint density at radius 2 is 1.83 bits per heavy atom. The Morgan fingerprint density at radius 1 is 1.17 bits per heavy atom. The number of hydrogen-bond donors (Lipinski definition) is 1. The van der Waals surface area contributed by atoms with Gasteiger partial charge < -0.3 is 5.32 Å². The molecule has 0 heterocycles. The predicted octanol–water partition coefficient (Wildman–Crippen LogP) is 3.09. The second-order valence-corrected chi connectivity index (χ2v) is 8.27. The minimum atomic E-state index is -3.58. The number of carbonyl (C=O) groups excluding carboxylic acids is 1. The number of benzene rings is 2. The van der Waals surface area contributed by atoms with Gasteiger partial charge in [0, 0.05) is 4.47 Å². The van der Waals surface area contributed by atoms with E-state index in [2.05, 4.69) is 21.2 Å². The summed E-state index contributed by atoms with van der Waals surface area (Å²) < 4.78 is 26.0. The first kappa shape index (κ1) is 18.5. The molecule has 0 saturated carbocycles. The van der Waals surface area contributed by atoms with Gasteiger partial charge in [0.05, 0.1) is 18.0 Å². The highest BCUT2D eigenvalue weighted by atomic mass is 79.9. The van der Waals surface area contributed by atoms with Crippen LogP contribution in [0.5, 0.6) is 0 Å². The van der Waals surface area contributed by atoms with Crippen molar-refractivity contribution in [1.29, 1.82) is 0 Å². The molecule has 2 rings (SSSR count). The van der Waals surface area contributed by atoms with Crippen molar-refractivity contribution in [2.75, 3.05) is 17.1 Å². The van der Waals surface area contributed by atoms with E-state index in [-0.39, 0.29) is 18.5 Å². The van der Waals surface area contributed by atoms with Gasteiger partial charge in [-0.3, -0.25) is 9.10 Å². The zero-order valence-electron chi connectivity index (χ0n) is 13.4. The Morgan fingerprint density at radius 3 is 2.42 bits per heavy atom. The fourth-order valence-corrected chi connectivity index (χ4v) is 3.51. The van der Waals surface area contributed by atoms with Crippen molar-refractivity contribution in [2.45, 2.75) is 13.0 Å². The van der Waals surface area contributed by atoms with E-state index in [1.54, 1.807) is 24.3 Å². The summed E-state index contributed by atoms with van der Waals surface area (Å²) in [6.07, 6.45) is 1.09. The van der Waals surface area contributed by atoms with Gasteiger partial charge in [0.1, 0.15) is 6.54 Å². The third kappa shape index (κ3) is 5.07. The molecule has 7 heteroatoms. The highest BCUT2D eigenvalue weighted by molar-refractivity contribution is 9.10. The lowest BCUT2D eigenvalue weighted by atomic mass is 10.1. The average Bonchev–Trinajstić information content (AvgIpc) is 2.52. The smallest absolute Gasteiger partial charge is 0.241 e. The molecule has 1 atom stereocenters. The van der Waals surface area contributed by atoms with Crippen LogP contribution in [0.25, 0.3) is 0 Å². The minimum Gasteiger partial charge on any atom is -0.348 e. The van der Waals surface area contributed by atoms with E-state index in [1.807, 2.05) is 37.3 Å². The minimum absolute atomic E-state index is 0.206. The fourth-order valence-electron chi connectivity index (χ4n) is 2.27. The molecule has 0 fully saturated rings. The first-order valence-corrected chi connectivity index (χ1v) is 9.99. The number of nitrogens with one attached hydrogen (secondary N) is 1. The highest BCUT2D eigenvalue weighted by Gasteiger charge is 2.22. The molecule has 5 nitrogen and oxygen atoms in total. The van der Waals surface area contributed by atoms with E-state index in [0.29, 0.717) is 5.69 Å². The Balaban J connectivity index is 2.14. The summed E-state index contributed by atoms with van der Waals surface area (Å²) in [5, 5.41) is 2.83. The summed E-state index contributed by atoms with van der Waals surface area (Å²) in [5.74, 6) is -0.364. The zero-order chi connectivity index (χ0) is 17.7. The van der Waals surface area contributed by atoms with Crippen molar-refractivity contribution in [3.8, 4) is 0 Å². The van der Waals surface area contributed by atoms with Gasteiger partial charge in [0.15, 0.2) is 0 Å². The number of halogens is 1. The average molecular weight is 411 g/mol. The molecule has 2 aromatic carbocycles. The normalized spacial score (nSPS) is 12.5.